The van der Waals surface area contributed by atoms with E-state index >= 15 is 0 Å². The summed E-state index contributed by atoms with van der Waals surface area (Å²) >= 11 is 0. The van der Waals surface area contributed by atoms with Crippen LogP contribution >= 0.6 is 0 Å². The Balaban J connectivity index is 1.88. The molecule has 1 saturated carbocycles. The quantitative estimate of drug-likeness (QED) is 0.901. The molecule has 26 heavy (non-hydrogen) atoms. The predicted octanol–water partition coefficient (Wildman–Crippen LogP) is 4.08. The minimum absolute atomic E-state index is 0.0356. The molecular formula is C21H21NO4. The van der Waals surface area contributed by atoms with Crippen LogP contribution in [-0.2, 0) is 9.53 Å². The van der Waals surface area contributed by atoms with Crippen LogP contribution < -0.4 is 0 Å². The van der Waals surface area contributed by atoms with Crippen molar-refractivity contribution < 1.29 is 19.4 Å². The maximum atomic E-state index is 12.7. The Hall–Kier alpha value is -2.82. The van der Waals surface area contributed by atoms with Crippen molar-refractivity contribution in [2.45, 2.75) is 31.3 Å². The third-order valence-electron chi connectivity index (χ3n) is 5.61. The lowest BCUT2D eigenvalue weighted by Crippen LogP contribution is -2.52. The number of carbonyl (C=O) groups is 2. The van der Waals surface area contributed by atoms with Gasteiger partial charge in [0, 0.05) is 0 Å². The molecule has 1 atom stereocenters. The lowest BCUT2D eigenvalue weighted by atomic mass is 9.78. The van der Waals surface area contributed by atoms with E-state index in [0.29, 0.717) is 0 Å². The molecule has 0 unspecified atom stereocenters. The van der Waals surface area contributed by atoms with E-state index < -0.39 is 24.1 Å². The second-order valence-corrected chi connectivity index (χ2v) is 6.93. The van der Waals surface area contributed by atoms with Gasteiger partial charge in [0.25, 0.3) is 0 Å². The first-order chi connectivity index (χ1) is 12.6. The van der Waals surface area contributed by atoms with Gasteiger partial charge in [0.15, 0.2) is 0 Å². The summed E-state index contributed by atoms with van der Waals surface area (Å²) in [4.78, 5) is 26.3. The molecule has 2 aliphatic carbocycles. The lowest BCUT2D eigenvalue weighted by Gasteiger charge is -2.41. The summed E-state index contributed by atoms with van der Waals surface area (Å²) in [6, 6.07) is 14.4. The van der Waals surface area contributed by atoms with Crippen LogP contribution in [0.2, 0.25) is 0 Å². The molecule has 1 N–H and O–H groups in total. The second kappa shape index (κ2) is 6.48. The van der Waals surface area contributed by atoms with Crippen LogP contribution in [0, 0.1) is 5.92 Å². The standard InChI is InChI=1S/C21H21NO4/c1-26-21(25)22(18(20(23)24)13-7-6-8-13)19-16-11-4-2-9-14(16)15-10-3-5-12-17(15)19/h2-5,9-13,18-19H,6-8H2,1H3,(H,23,24)/t18-/m0/s1. The Bertz CT molecular complexity index is 813. The van der Waals surface area contributed by atoms with E-state index in [4.69, 9.17) is 4.74 Å². The minimum Gasteiger partial charge on any atom is -0.480 e. The first-order valence-corrected chi connectivity index (χ1v) is 8.90. The van der Waals surface area contributed by atoms with Gasteiger partial charge in [-0.2, -0.15) is 0 Å². The smallest absolute Gasteiger partial charge is 0.411 e. The molecule has 0 heterocycles. The number of carboxylic acid groups (broad SMARTS) is 1. The number of nitrogens with zero attached hydrogens (tertiary/aromatic N) is 1. The first-order valence-electron chi connectivity index (χ1n) is 8.90. The fraction of sp³-hybridized carbons (Fsp3) is 0.333. The zero-order valence-corrected chi connectivity index (χ0v) is 14.6. The maximum Gasteiger partial charge on any atom is 0.411 e. The zero-order valence-electron chi connectivity index (χ0n) is 14.6. The third kappa shape index (κ3) is 2.46. The van der Waals surface area contributed by atoms with E-state index in [2.05, 4.69) is 0 Å². The van der Waals surface area contributed by atoms with Gasteiger partial charge in [-0.25, -0.2) is 9.59 Å². The normalized spacial score (nSPS) is 17.0. The number of benzene rings is 2. The molecule has 0 bridgehead atoms. The van der Waals surface area contributed by atoms with Crippen LogP contribution in [0.1, 0.15) is 36.4 Å². The maximum absolute atomic E-state index is 12.7. The van der Waals surface area contributed by atoms with Gasteiger partial charge in [-0.1, -0.05) is 55.0 Å². The van der Waals surface area contributed by atoms with Gasteiger partial charge >= 0.3 is 12.1 Å². The van der Waals surface area contributed by atoms with Crippen LogP contribution in [0.3, 0.4) is 0 Å². The fourth-order valence-electron chi connectivity index (χ4n) is 4.22. The third-order valence-corrected chi connectivity index (χ3v) is 5.61. The van der Waals surface area contributed by atoms with Gasteiger partial charge in [-0.3, -0.25) is 4.90 Å². The Morgan fingerprint density at radius 3 is 2.00 bits per heavy atom. The van der Waals surface area contributed by atoms with E-state index in [1.807, 2.05) is 48.5 Å². The number of methoxy groups -OCH3 is 1. The Morgan fingerprint density at radius 1 is 1.04 bits per heavy atom. The zero-order chi connectivity index (χ0) is 18.3. The largest absolute Gasteiger partial charge is 0.480 e. The molecule has 0 aromatic heterocycles. The summed E-state index contributed by atoms with van der Waals surface area (Å²) in [5, 5.41) is 9.93. The summed E-state index contributed by atoms with van der Waals surface area (Å²) in [6.07, 6.45) is 2.04. The van der Waals surface area contributed by atoms with Gasteiger partial charge in [0.1, 0.15) is 6.04 Å². The van der Waals surface area contributed by atoms with E-state index in [9.17, 15) is 14.7 Å². The summed E-state index contributed by atoms with van der Waals surface area (Å²) in [7, 11) is 1.31. The highest BCUT2D eigenvalue weighted by Gasteiger charge is 2.46. The van der Waals surface area contributed by atoms with Crippen molar-refractivity contribution in [2.75, 3.05) is 7.11 Å². The van der Waals surface area contributed by atoms with Gasteiger partial charge in [0.05, 0.1) is 13.2 Å². The molecule has 1 fully saturated rings. The lowest BCUT2D eigenvalue weighted by molar-refractivity contribution is -0.147. The molecule has 134 valence electrons. The van der Waals surface area contributed by atoms with Crippen molar-refractivity contribution in [1.82, 2.24) is 4.90 Å². The highest BCUT2D eigenvalue weighted by Crippen LogP contribution is 2.48. The van der Waals surface area contributed by atoms with E-state index in [1.54, 1.807) is 0 Å². The van der Waals surface area contributed by atoms with Crippen molar-refractivity contribution in [3.05, 3.63) is 59.7 Å². The van der Waals surface area contributed by atoms with Crippen LogP contribution in [0.15, 0.2) is 48.5 Å². The number of fused-ring (bicyclic) bond motifs is 3. The van der Waals surface area contributed by atoms with Gasteiger partial charge in [-0.15, -0.1) is 0 Å². The van der Waals surface area contributed by atoms with Crippen molar-refractivity contribution in [2.24, 2.45) is 5.92 Å². The molecule has 4 rings (SSSR count). The molecule has 1 amide bonds. The van der Waals surface area contributed by atoms with Crippen molar-refractivity contribution >= 4 is 12.1 Å². The summed E-state index contributed by atoms with van der Waals surface area (Å²) < 4.78 is 5.03. The van der Waals surface area contributed by atoms with E-state index in [1.165, 1.54) is 12.0 Å². The Labute approximate surface area is 152 Å². The van der Waals surface area contributed by atoms with Crippen molar-refractivity contribution in [3.63, 3.8) is 0 Å². The number of amides is 1. The first kappa shape index (κ1) is 16.6. The Kier molecular flexibility index (Phi) is 4.15. The van der Waals surface area contributed by atoms with Gasteiger partial charge in [0.2, 0.25) is 0 Å². The number of hydrogen-bond acceptors (Lipinski definition) is 3. The molecule has 0 saturated heterocycles. The predicted molar refractivity (Wildman–Crippen MR) is 96.7 cm³/mol. The summed E-state index contributed by atoms with van der Waals surface area (Å²) in [5.74, 6) is -1.01. The number of aliphatic carboxylic acids is 1. The monoisotopic (exact) mass is 351 g/mol. The SMILES string of the molecule is COC(=O)N(C1c2ccccc2-c2ccccc21)[C@H](C(=O)O)C1CCC1. The van der Waals surface area contributed by atoms with Crippen molar-refractivity contribution in [1.29, 1.82) is 0 Å². The van der Waals surface area contributed by atoms with Crippen LogP contribution in [0.5, 0.6) is 0 Å². The van der Waals surface area contributed by atoms with Crippen LogP contribution in [0.25, 0.3) is 11.1 Å². The number of rotatable bonds is 4. The summed E-state index contributed by atoms with van der Waals surface area (Å²) in [5.41, 5.74) is 3.98. The van der Waals surface area contributed by atoms with Gasteiger partial charge < -0.3 is 9.84 Å². The molecule has 0 spiro atoms. The minimum atomic E-state index is -0.970. The molecule has 5 heteroatoms. The number of carbonyl (C=O) groups excluding carboxylic acids is 1. The van der Waals surface area contributed by atoms with E-state index in [-0.39, 0.29) is 5.92 Å². The number of hydrogen-bond donors (Lipinski definition) is 1. The highest BCUT2D eigenvalue weighted by atomic mass is 16.5. The van der Waals surface area contributed by atoms with Crippen molar-refractivity contribution in [3.8, 4) is 11.1 Å². The van der Waals surface area contributed by atoms with Crippen LogP contribution in [-0.4, -0.2) is 35.2 Å². The molecule has 5 nitrogen and oxygen atoms in total. The molecule has 2 aromatic carbocycles. The number of ether oxygens (including phenoxy) is 1. The van der Waals surface area contributed by atoms with Crippen LogP contribution in [0.4, 0.5) is 4.79 Å². The highest BCUT2D eigenvalue weighted by molar-refractivity contribution is 5.85. The van der Waals surface area contributed by atoms with E-state index in [0.717, 1.165) is 41.5 Å². The average Bonchev–Trinajstić information content (AvgIpc) is 2.94. The molecular weight excluding hydrogens is 330 g/mol. The molecule has 2 aromatic rings. The molecule has 0 aliphatic heterocycles. The van der Waals surface area contributed by atoms with Gasteiger partial charge in [-0.05, 0) is 41.0 Å². The molecule has 0 radical (unpaired) electrons. The fourth-order valence-corrected chi connectivity index (χ4v) is 4.22. The Morgan fingerprint density at radius 2 is 1.58 bits per heavy atom. The second-order valence-electron chi connectivity index (χ2n) is 6.93. The topological polar surface area (TPSA) is 66.8 Å². The molecule has 2 aliphatic rings. The average molecular weight is 351 g/mol. The summed E-state index contributed by atoms with van der Waals surface area (Å²) in [6.45, 7) is 0. The number of carboxylic acids is 1.